The summed E-state index contributed by atoms with van der Waals surface area (Å²) >= 11 is 0. The van der Waals surface area contributed by atoms with Crippen LogP contribution in [0.1, 0.15) is 27.0 Å². The molecule has 3 rings (SSSR count). The zero-order valence-electron chi connectivity index (χ0n) is 17.9. The lowest BCUT2D eigenvalue weighted by Crippen LogP contribution is -2.11. The fourth-order valence-corrected chi connectivity index (χ4v) is 2.98. The minimum atomic E-state index is -4.40. The van der Waals surface area contributed by atoms with Crippen LogP contribution in [-0.4, -0.2) is 24.1 Å². The minimum absolute atomic E-state index is 0.0273. The molecule has 0 aliphatic carbocycles. The molecule has 9 heteroatoms. The van der Waals surface area contributed by atoms with Gasteiger partial charge in [0.25, 0.3) is 0 Å². The normalized spacial score (nSPS) is 11.3. The highest BCUT2D eigenvalue weighted by atomic mass is 19.4. The summed E-state index contributed by atoms with van der Waals surface area (Å²) in [5.41, 5.74) is 0.577. The third kappa shape index (κ3) is 6.38. The second kappa shape index (κ2) is 10.6. The zero-order chi connectivity index (χ0) is 24.7. The maximum absolute atomic E-state index is 12.7. The Morgan fingerprint density at radius 1 is 1.00 bits per heavy atom. The molecule has 176 valence electrons. The van der Waals surface area contributed by atoms with E-state index in [1.807, 2.05) is 0 Å². The van der Waals surface area contributed by atoms with Crippen molar-refractivity contribution in [2.75, 3.05) is 12.4 Å². The van der Waals surface area contributed by atoms with Gasteiger partial charge in [0.1, 0.15) is 6.61 Å². The van der Waals surface area contributed by atoms with Gasteiger partial charge >= 0.3 is 12.1 Å². The topological polar surface area (TPSA) is 84.9 Å². The standard InChI is InChI=1S/C25H20F3NO5/c1-33-22-14-16(9-13-23(30)29-20-5-3-2-4-19(20)24(31)32)8-12-21(22)34-15-17-6-10-18(11-7-17)25(26,27)28/h2-14H,15H2,1H3,(H,29,30)(H,31,32). The van der Waals surface area contributed by atoms with Gasteiger partial charge in [-0.15, -0.1) is 0 Å². The fourth-order valence-electron chi connectivity index (χ4n) is 2.98. The van der Waals surface area contributed by atoms with Crippen molar-refractivity contribution in [2.24, 2.45) is 0 Å². The number of carbonyl (C=O) groups excluding carboxylic acids is 1. The number of carboxylic acid groups (broad SMARTS) is 1. The van der Waals surface area contributed by atoms with Crippen LogP contribution in [0, 0.1) is 0 Å². The number of rotatable bonds is 8. The van der Waals surface area contributed by atoms with Gasteiger partial charge in [0.05, 0.1) is 23.9 Å². The van der Waals surface area contributed by atoms with E-state index in [1.54, 1.807) is 30.3 Å². The Morgan fingerprint density at radius 2 is 1.71 bits per heavy atom. The van der Waals surface area contributed by atoms with E-state index in [0.29, 0.717) is 22.6 Å². The van der Waals surface area contributed by atoms with E-state index in [1.165, 1.54) is 43.5 Å². The number of hydrogen-bond acceptors (Lipinski definition) is 4. The summed E-state index contributed by atoms with van der Waals surface area (Å²) in [4.78, 5) is 23.5. The average molecular weight is 471 g/mol. The van der Waals surface area contributed by atoms with Crippen LogP contribution < -0.4 is 14.8 Å². The molecule has 0 unspecified atom stereocenters. The monoisotopic (exact) mass is 471 g/mol. The number of alkyl halides is 3. The number of anilines is 1. The third-order valence-electron chi connectivity index (χ3n) is 4.71. The highest BCUT2D eigenvalue weighted by Crippen LogP contribution is 2.31. The van der Waals surface area contributed by atoms with Gasteiger partial charge in [-0.3, -0.25) is 4.79 Å². The predicted molar refractivity (Wildman–Crippen MR) is 120 cm³/mol. The highest BCUT2D eigenvalue weighted by Gasteiger charge is 2.29. The first-order valence-electron chi connectivity index (χ1n) is 9.95. The number of hydrogen-bond donors (Lipinski definition) is 2. The molecule has 1 amide bonds. The second-order valence-corrected chi connectivity index (χ2v) is 7.07. The molecule has 6 nitrogen and oxygen atoms in total. The van der Waals surface area contributed by atoms with E-state index >= 15 is 0 Å². The summed E-state index contributed by atoms with van der Waals surface area (Å²) in [5, 5.41) is 11.7. The van der Waals surface area contributed by atoms with Crippen LogP contribution in [0.5, 0.6) is 11.5 Å². The molecule has 0 bridgehead atoms. The molecule has 0 aliphatic heterocycles. The van der Waals surface area contributed by atoms with E-state index in [-0.39, 0.29) is 17.9 Å². The van der Waals surface area contributed by atoms with E-state index < -0.39 is 23.6 Å². The van der Waals surface area contributed by atoms with Crippen molar-refractivity contribution < 1.29 is 37.3 Å². The van der Waals surface area contributed by atoms with Crippen molar-refractivity contribution in [1.29, 1.82) is 0 Å². The van der Waals surface area contributed by atoms with Crippen molar-refractivity contribution in [3.05, 3.63) is 95.1 Å². The summed E-state index contributed by atoms with van der Waals surface area (Å²) < 4.78 is 49.0. The van der Waals surface area contributed by atoms with Crippen LogP contribution in [0.4, 0.5) is 18.9 Å². The number of carbonyl (C=O) groups is 2. The van der Waals surface area contributed by atoms with E-state index in [2.05, 4.69) is 5.32 Å². The lowest BCUT2D eigenvalue weighted by Gasteiger charge is -2.12. The number of halogens is 3. The Morgan fingerprint density at radius 3 is 2.35 bits per heavy atom. The molecule has 0 saturated carbocycles. The Kier molecular flexibility index (Phi) is 7.57. The third-order valence-corrected chi connectivity index (χ3v) is 4.71. The van der Waals surface area contributed by atoms with Crippen molar-refractivity contribution in [3.63, 3.8) is 0 Å². The number of amides is 1. The number of benzene rings is 3. The van der Waals surface area contributed by atoms with Crippen LogP contribution in [0.25, 0.3) is 6.08 Å². The van der Waals surface area contributed by atoms with Gasteiger partial charge in [0, 0.05) is 6.08 Å². The number of carboxylic acids is 1. The van der Waals surface area contributed by atoms with Gasteiger partial charge in [-0.2, -0.15) is 13.2 Å². The highest BCUT2D eigenvalue weighted by molar-refractivity contribution is 6.06. The smallest absolute Gasteiger partial charge is 0.416 e. The number of aromatic carboxylic acids is 1. The van der Waals surface area contributed by atoms with Crippen LogP contribution >= 0.6 is 0 Å². The Labute approximate surface area is 193 Å². The van der Waals surface area contributed by atoms with Gasteiger partial charge < -0.3 is 19.9 Å². The summed E-state index contributed by atoms with van der Waals surface area (Å²) in [5.74, 6) is -0.933. The first-order valence-corrected chi connectivity index (χ1v) is 9.95. The van der Waals surface area contributed by atoms with Gasteiger partial charge in [-0.05, 0) is 53.6 Å². The summed E-state index contributed by atoms with van der Waals surface area (Å²) in [6.45, 7) is 0.0368. The van der Waals surface area contributed by atoms with E-state index in [0.717, 1.165) is 12.1 Å². The van der Waals surface area contributed by atoms with Crippen LogP contribution in [0.3, 0.4) is 0 Å². The molecule has 0 aromatic heterocycles. The molecule has 0 atom stereocenters. The summed E-state index contributed by atoms with van der Waals surface area (Å²) in [6, 6.07) is 15.6. The first-order chi connectivity index (χ1) is 16.2. The molecule has 2 N–H and O–H groups in total. The van der Waals surface area contributed by atoms with Crippen LogP contribution in [0.15, 0.2) is 72.8 Å². The number of para-hydroxylation sites is 1. The second-order valence-electron chi connectivity index (χ2n) is 7.07. The van der Waals surface area contributed by atoms with Gasteiger partial charge in [0.2, 0.25) is 5.91 Å². The van der Waals surface area contributed by atoms with Crippen molar-refractivity contribution in [2.45, 2.75) is 12.8 Å². The molecule has 34 heavy (non-hydrogen) atoms. The summed E-state index contributed by atoms with van der Waals surface area (Å²) in [6.07, 6.45) is -1.64. The minimum Gasteiger partial charge on any atom is -0.493 e. The Balaban J connectivity index is 1.65. The molecule has 0 saturated heterocycles. The van der Waals surface area contributed by atoms with Crippen molar-refractivity contribution in [1.82, 2.24) is 0 Å². The Hall–Kier alpha value is -4.27. The predicted octanol–water partition coefficient (Wildman–Crippen LogP) is 5.64. The maximum Gasteiger partial charge on any atom is 0.416 e. The molecule has 0 aliphatic rings. The molecule has 3 aromatic carbocycles. The lowest BCUT2D eigenvalue weighted by atomic mass is 10.1. The first kappa shape index (κ1) is 24.4. The SMILES string of the molecule is COc1cc(C=CC(=O)Nc2ccccc2C(=O)O)ccc1OCc1ccc(C(F)(F)F)cc1. The largest absolute Gasteiger partial charge is 0.493 e. The molecular weight excluding hydrogens is 451 g/mol. The summed E-state index contributed by atoms with van der Waals surface area (Å²) in [7, 11) is 1.43. The molecular formula is C25H20F3NO5. The molecule has 0 spiro atoms. The van der Waals surface area contributed by atoms with Crippen LogP contribution in [0.2, 0.25) is 0 Å². The lowest BCUT2D eigenvalue weighted by molar-refractivity contribution is -0.137. The van der Waals surface area contributed by atoms with Crippen molar-refractivity contribution >= 4 is 23.6 Å². The Bertz CT molecular complexity index is 1200. The molecule has 0 fully saturated rings. The number of nitrogens with one attached hydrogen (secondary N) is 1. The van der Waals surface area contributed by atoms with Gasteiger partial charge in [0.15, 0.2) is 11.5 Å². The van der Waals surface area contributed by atoms with Gasteiger partial charge in [-0.25, -0.2) is 4.79 Å². The maximum atomic E-state index is 12.7. The molecule has 0 radical (unpaired) electrons. The fraction of sp³-hybridized carbons (Fsp3) is 0.120. The van der Waals surface area contributed by atoms with Crippen molar-refractivity contribution in [3.8, 4) is 11.5 Å². The molecule has 3 aromatic rings. The average Bonchev–Trinajstić information content (AvgIpc) is 2.81. The molecule has 0 heterocycles. The number of ether oxygens (including phenoxy) is 2. The van der Waals surface area contributed by atoms with E-state index in [4.69, 9.17) is 9.47 Å². The van der Waals surface area contributed by atoms with Crippen LogP contribution in [-0.2, 0) is 17.6 Å². The quantitative estimate of drug-likeness (QED) is 0.415. The zero-order valence-corrected chi connectivity index (χ0v) is 17.9. The van der Waals surface area contributed by atoms with E-state index in [9.17, 15) is 27.9 Å². The van der Waals surface area contributed by atoms with Gasteiger partial charge in [-0.1, -0.05) is 30.3 Å². The number of methoxy groups -OCH3 is 1.